The second-order valence-corrected chi connectivity index (χ2v) is 5.93. The zero-order chi connectivity index (χ0) is 16.8. The van der Waals surface area contributed by atoms with Crippen molar-refractivity contribution in [2.24, 2.45) is 5.10 Å². The predicted molar refractivity (Wildman–Crippen MR) is 98.5 cm³/mol. The highest BCUT2D eigenvalue weighted by molar-refractivity contribution is 14.1. The molecule has 0 aliphatic rings. The van der Waals surface area contributed by atoms with E-state index in [4.69, 9.17) is 9.47 Å². The molecule has 1 N–H and O–H groups in total. The van der Waals surface area contributed by atoms with Crippen LogP contribution in [0.15, 0.2) is 41.5 Å². The van der Waals surface area contributed by atoms with Crippen molar-refractivity contribution in [3.05, 3.63) is 56.7 Å². The average Bonchev–Trinajstić information content (AvgIpc) is 2.56. The molecule has 0 saturated carbocycles. The number of halogens is 1. The molecule has 0 bridgehead atoms. The quantitative estimate of drug-likeness (QED) is 0.455. The van der Waals surface area contributed by atoms with Crippen molar-refractivity contribution in [1.29, 1.82) is 0 Å². The van der Waals surface area contributed by atoms with Gasteiger partial charge in [0.1, 0.15) is 11.5 Å². The fraction of sp³-hybridized carbons (Fsp3) is 0.176. The number of hydrogen-bond donors (Lipinski definition) is 1. The average molecular weight is 424 g/mol. The summed E-state index contributed by atoms with van der Waals surface area (Å²) in [6.45, 7) is 1.95. The molecule has 0 fully saturated rings. The maximum Gasteiger partial charge on any atom is 0.271 e. The smallest absolute Gasteiger partial charge is 0.271 e. The SMILES string of the molecule is COc1ccc(/C=N\NC(=O)c2ccc(I)c(OC)c2)c(C)c1. The first-order valence-corrected chi connectivity index (χ1v) is 7.94. The molecule has 6 heteroatoms. The topological polar surface area (TPSA) is 59.9 Å². The molecule has 120 valence electrons. The molecule has 0 radical (unpaired) electrons. The van der Waals surface area contributed by atoms with Crippen molar-refractivity contribution in [2.45, 2.75) is 6.92 Å². The van der Waals surface area contributed by atoms with Gasteiger partial charge in [0.25, 0.3) is 5.91 Å². The van der Waals surface area contributed by atoms with Crippen LogP contribution in [0.3, 0.4) is 0 Å². The molecule has 2 rings (SSSR count). The highest BCUT2D eigenvalue weighted by atomic mass is 127. The minimum atomic E-state index is -0.290. The van der Waals surface area contributed by atoms with Gasteiger partial charge in [0, 0.05) is 5.56 Å². The second kappa shape index (κ2) is 7.96. The lowest BCUT2D eigenvalue weighted by atomic mass is 10.1. The summed E-state index contributed by atoms with van der Waals surface area (Å²) >= 11 is 2.15. The van der Waals surface area contributed by atoms with Crippen molar-refractivity contribution in [1.82, 2.24) is 5.43 Å². The molecular weight excluding hydrogens is 407 g/mol. The van der Waals surface area contributed by atoms with Crippen molar-refractivity contribution in [3.8, 4) is 11.5 Å². The minimum Gasteiger partial charge on any atom is -0.497 e. The molecule has 5 nitrogen and oxygen atoms in total. The van der Waals surface area contributed by atoms with Gasteiger partial charge in [-0.3, -0.25) is 4.79 Å². The van der Waals surface area contributed by atoms with Crippen LogP contribution in [0, 0.1) is 10.5 Å². The fourth-order valence-electron chi connectivity index (χ4n) is 1.95. The van der Waals surface area contributed by atoms with Crippen LogP contribution in [-0.4, -0.2) is 26.3 Å². The van der Waals surface area contributed by atoms with Crippen LogP contribution in [0.25, 0.3) is 0 Å². The van der Waals surface area contributed by atoms with Gasteiger partial charge in [-0.05, 0) is 77.0 Å². The van der Waals surface area contributed by atoms with E-state index in [1.165, 1.54) is 0 Å². The summed E-state index contributed by atoms with van der Waals surface area (Å²) in [5.74, 6) is 1.16. The molecule has 2 aromatic rings. The van der Waals surface area contributed by atoms with E-state index in [0.717, 1.165) is 20.4 Å². The molecule has 23 heavy (non-hydrogen) atoms. The van der Waals surface area contributed by atoms with Crippen LogP contribution in [-0.2, 0) is 0 Å². The Labute approximate surface area is 148 Å². The first kappa shape index (κ1) is 17.3. The number of hydrazone groups is 1. The maximum atomic E-state index is 12.1. The van der Waals surface area contributed by atoms with E-state index >= 15 is 0 Å². The lowest BCUT2D eigenvalue weighted by molar-refractivity contribution is 0.0954. The number of rotatable bonds is 5. The minimum absolute atomic E-state index is 0.290. The van der Waals surface area contributed by atoms with Crippen molar-refractivity contribution >= 4 is 34.7 Å². The largest absolute Gasteiger partial charge is 0.497 e. The third-order valence-electron chi connectivity index (χ3n) is 3.26. The number of nitrogens with one attached hydrogen (secondary N) is 1. The molecule has 2 aromatic carbocycles. The highest BCUT2D eigenvalue weighted by Gasteiger charge is 2.08. The standard InChI is InChI=1S/C17H17IN2O3/c1-11-8-14(22-2)6-4-13(11)10-19-20-17(21)12-5-7-15(18)16(9-12)23-3/h4-10H,1-3H3,(H,20,21)/b19-10-. The molecular formula is C17H17IN2O3. The van der Waals surface area contributed by atoms with Crippen LogP contribution >= 0.6 is 22.6 Å². The molecule has 0 spiro atoms. The third kappa shape index (κ3) is 4.44. The summed E-state index contributed by atoms with van der Waals surface area (Å²) in [4.78, 5) is 12.1. The second-order valence-electron chi connectivity index (χ2n) is 4.77. The molecule has 0 unspecified atom stereocenters. The van der Waals surface area contributed by atoms with Crippen molar-refractivity contribution < 1.29 is 14.3 Å². The zero-order valence-corrected chi connectivity index (χ0v) is 15.2. The van der Waals surface area contributed by atoms with Crippen LogP contribution in [0.1, 0.15) is 21.5 Å². The van der Waals surface area contributed by atoms with E-state index < -0.39 is 0 Å². The molecule has 0 aliphatic carbocycles. The van der Waals surface area contributed by atoms with Crippen molar-refractivity contribution in [3.63, 3.8) is 0 Å². The number of nitrogens with zero attached hydrogens (tertiary/aromatic N) is 1. The fourth-order valence-corrected chi connectivity index (χ4v) is 2.50. The summed E-state index contributed by atoms with van der Waals surface area (Å²) in [6, 6.07) is 10.9. The number of hydrogen-bond acceptors (Lipinski definition) is 4. The Morgan fingerprint density at radius 2 is 1.96 bits per heavy atom. The first-order valence-electron chi connectivity index (χ1n) is 6.86. The van der Waals surface area contributed by atoms with Gasteiger partial charge in [0.15, 0.2) is 0 Å². The molecule has 0 saturated heterocycles. The van der Waals surface area contributed by atoms with Gasteiger partial charge in [-0.2, -0.15) is 5.10 Å². The lowest BCUT2D eigenvalue weighted by Crippen LogP contribution is -2.17. The number of benzene rings is 2. The summed E-state index contributed by atoms with van der Waals surface area (Å²) in [5.41, 5.74) is 4.93. The van der Waals surface area contributed by atoms with E-state index in [1.807, 2.05) is 31.2 Å². The Balaban J connectivity index is 2.06. The Morgan fingerprint density at radius 3 is 2.61 bits per heavy atom. The molecule has 0 heterocycles. The van der Waals surface area contributed by atoms with Crippen LogP contribution < -0.4 is 14.9 Å². The number of carbonyl (C=O) groups excluding carboxylic acids is 1. The first-order chi connectivity index (χ1) is 11.0. The van der Waals surface area contributed by atoms with Gasteiger partial charge in [0.05, 0.1) is 24.0 Å². The zero-order valence-electron chi connectivity index (χ0n) is 13.1. The Hall–Kier alpha value is -2.09. The number of ether oxygens (including phenoxy) is 2. The molecule has 0 aromatic heterocycles. The lowest BCUT2D eigenvalue weighted by Gasteiger charge is -2.06. The van der Waals surface area contributed by atoms with Gasteiger partial charge >= 0.3 is 0 Å². The molecule has 1 amide bonds. The van der Waals surface area contributed by atoms with E-state index in [1.54, 1.807) is 32.6 Å². The van der Waals surface area contributed by atoms with E-state index in [2.05, 4.69) is 33.1 Å². The van der Waals surface area contributed by atoms with Gasteiger partial charge in [-0.1, -0.05) is 0 Å². The highest BCUT2D eigenvalue weighted by Crippen LogP contribution is 2.21. The Bertz CT molecular complexity index is 745. The van der Waals surface area contributed by atoms with Gasteiger partial charge in [0.2, 0.25) is 0 Å². The van der Waals surface area contributed by atoms with Crippen LogP contribution in [0.5, 0.6) is 11.5 Å². The maximum absolute atomic E-state index is 12.1. The third-order valence-corrected chi connectivity index (χ3v) is 4.15. The van der Waals surface area contributed by atoms with Gasteiger partial charge in [-0.25, -0.2) is 5.43 Å². The summed E-state index contributed by atoms with van der Waals surface area (Å²) < 4.78 is 11.3. The van der Waals surface area contributed by atoms with Crippen molar-refractivity contribution in [2.75, 3.05) is 14.2 Å². The number of amides is 1. The van der Waals surface area contributed by atoms with E-state index in [-0.39, 0.29) is 5.91 Å². The Morgan fingerprint density at radius 1 is 1.17 bits per heavy atom. The summed E-state index contributed by atoms with van der Waals surface area (Å²) in [7, 11) is 3.20. The number of methoxy groups -OCH3 is 2. The van der Waals surface area contributed by atoms with Gasteiger partial charge in [-0.15, -0.1) is 0 Å². The summed E-state index contributed by atoms with van der Waals surface area (Å²) in [6.07, 6.45) is 1.61. The Kier molecular flexibility index (Phi) is 5.97. The molecule has 0 aliphatic heterocycles. The molecule has 0 atom stereocenters. The number of carbonyl (C=O) groups is 1. The van der Waals surface area contributed by atoms with E-state index in [9.17, 15) is 4.79 Å². The van der Waals surface area contributed by atoms with Gasteiger partial charge < -0.3 is 9.47 Å². The monoisotopic (exact) mass is 424 g/mol. The number of aryl methyl sites for hydroxylation is 1. The van der Waals surface area contributed by atoms with E-state index in [0.29, 0.717) is 11.3 Å². The van der Waals surface area contributed by atoms with Crippen LogP contribution in [0.2, 0.25) is 0 Å². The summed E-state index contributed by atoms with van der Waals surface area (Å²) in [5, 5.41) is 4.00. The normalized spacial score (nSPS) is 10.6. The van der Waals surface area contributed by atoms with Crippen LogP contribution in [0.4, 0.5) is 0 Å². The predicted octanol–water partition coefficient (Wildman–Crippen LogP) is 3.38.